The Balaban J connectivity index is 0.000000160. The second-order valence-electron chi connectivity index (χ2n) is 12.8. The molecule has 0 bridgehead atoms. The van der Waals surface area contributed by atoms with E-state index in [4.69, 9.17) is 14.0 Å². The summed E-state index contributed by atoms with van der Waals surface area (Å²) in [4.78, 5) is 14.5. The Morgan fingerprint density at radius 2 is 1.69 bits per heavy atom. The summed E-state index contributed by atoms with van der Waals surface area (Å²) < 4.78 is 19.2. The molecule has 0 radical (unpaired) electrons. The van der Waals surface area contributed by atoms with E-state index in [1.807, 2.05) is 53.5 Å². The number of anilines is 2. The molecule has 1 unspecified atom stereocenters. The summed E-state index contributed by atoms with van der Waals surface area (Å²) in [5.41, 5.74) is 5.84. The van der Waals surface area contributed by atoms with E-state index in [1.54, 1.807) is 7.11 Å². The third-order valence-electron chi connectivity index (χ3n) is 9.14. The minimum atomic E-state index is -0.348. The van der Waals surface area contributed by atoms with Gasteiger partial charge in [-0.25, -0.2) is 0 Å². The first-order valence-corrected chi connectivity index (χ1v) is 15.6. The molecule has 9 nitrogen and oxygen atoms in total. The van der Waals surface area contributed by atoms with Crippen LogP contribution in [-0.4, -0.2) is 66.8 Å². The van der Waals surface area contributed by atoms with Gasteiger partial charge in [-0.1, -0.05) is 48.5 Å². The van der Waals surface area contributed by atoms with Crippen LogP contribution < -0.4 is 25.7 Å². The van der Waals surface area contributed by atoms with Gasteiger partial charge in [0.15, 0.2) is 0 Å². The number of nitrogens with one attached hydrogen (secondary N) is 2. The molecule has 1 amide bonds. The standard InChI is InChI=1S/C19H21N3O2.C16H21BN2O2/c1-24-16-5-2-13(3-6-16)14-4-7-17-18(10-14)22-9-8-20-12-15(22)11-19(23)21-17;1-15(2)16(3,4)21-17(20-15)14-10-18-19(12-14)11-13-8-6-5-7-9-13/h2-7,10,15,20H,8-9,11-12H2,1H3,(H,21,23);5-10,12H,11H2,1-4H3. The van der Waals surface area contributed by atoms with Crippen molar-refractivity contribution < 1.29 is 18.8 Å². The highest BCUT2D eigenvalue weighted by molar-refractivity contribution is 6.62. The largest absolute Gasteiger partial charge is 0.498 e. The molecule has 4 heterocycles. The van der Waals surface area contributed by atoms with E-state index in [2.05, 4.69) is 84.7 Å². The van der Waals surface area contributed by atoms with Gasteiger partial charge in [-0.2, -0.15) is 5.10 Å². The monoisotopic (exact) mass is 607 g/mol. The minimum Gasteiger partial charge on any atom is -0.497 e. The lowest BCUT2D eigenvalue weighted by Crippen LogP contribution is -2.51. The van der Waals surface area contributed by atoms with Gasteiger partial charge in [0.05, 0.1) is 42.3 Å². The molecule has 3 aliphatic heterocycles. The van der Waals surface area contributed by atoms with E-state index in [0.29, 0.717) is 6.42 Å². The fraction of sp³-hybridized carbons (Fsp3) is 0.371. The van der Waals surface area contributed by atoms with Crippen molar-refractivity contribution in [2.24, 2.45) is 0 Å². The Hall–Kier alpha value is -4.12. The number of ether oxygens (including phenoxy) is 1. The number of hydrogen-bond acceptors (Lipinski definition) is 7. The number of nitrogens with zero attached hydrogens (tertiary/aromatic N) is 3. The van der Waals surface area contributed by atoms with Crippen LogP contribution in [0.4, 0.5) is 11.4 Å². The highest BCUT2D eigenvalue weighted by atomic mass is 16.7. The lowest BCUT2D eigenvalue weighted by atomic mass is 9.82. The summed E-state index contributed by atoms with van der Waals surface area (Å²) in [5.74, 6) is 0.938. The molecule has 1 atom stereocenters. The zero-order valence-corrected chi connectivity index (χ0v) is 26.7. The molecule has 1 aromatic heterocycles. The summed E-state index contributed by atoms with van der Waals surface area (Å²) in [6.45, 7) is 11.7. The van der Waals surface area contributed by atoms with Crippen LogP contribution in [0.15, 0.2) is 85.2 Å². The lowest BCUT2D eigenvalue weighted by Gasteiger charge is -2.36. The van der Waals surface area contributed by atoms with Gasteiger partial charge in [-0.15, -0.1) is 0 Å². The topological polar surface area (TPSA) is 89.9 Å². The second-order valence-corrected chi connectivity index (χ2v) is 12.8. The molecule has 2 fully saturated rings. The van der Waals surface area contributed by atoms with E-state index in [9.17, 15) is 4.79 Å². The van der Waals surface area contributed by atoms with Crippen molar-refractivity contribution >= 4 is 29.9 Å². The Bertz CT molecular complexity index is 1610. The van der Waals surface area contributed by atoms with Gasteiger partial charge in [0.1, 0.15) is 5.75 Å². The molecule has 0 spiro atoms. The fourth-order valence-electron chi connectivity index (χ4n) is 5.85. The predicted octanol–water partition coefficient (Wildman–Crippen LogP) is 4.71. The van der Waals surface area contributed by atoms with E-state index in [1.165, 1.54) is 5.56 Å². The fourth-order valence-corrected chi connectivity index (χ4v) is 5.85. The molecular weight excluding hydrogens is 565 g/mol. The van der Waals surface area contributed by atoms with Crippen LogP contribution >= 0.6 is 0 Å². The van der Waals surface area contributed by atoms with Crippen LogP contribution in [0, 0.1) is 0 Å². The van der Waals surface area contributed by atoms with Crippen LogP contribution in [0.3, 0.4) is 0 Å². The van der Waals surface area contributed by atoms with Crippen molar-refractivity contribution in [1.82, 2.24) is 15.1 Å². The average molecular weight is 608 g/mol. The van der Waals surface area contributed by atoms with Gasteiger partial charge in [-0.3, -0.25) is 9.48 Å². The van der Waals surface area contributed by atoms with Crippen molar-refractivity contribution in [3.05, 3.63) is 90.8 Å². The number of hydrogen-bond donors (Lipinski definition) is 2. The van der Waals surface area contributed by atoms with Crippen LogP contribution in [-0.2, 0) is 20.6 Å². The number of methoxy groups -OCH3 is 1. The number of carbonyl (C=O) groups excluding carboxylic acids is 1. The number of piperazine rings is 1. The maximum atomic E-state index is 12.1. The molecule has 2 saturated heterocycles. The summed E-state index contributed by atoms with van der Waals surface area (Å²) in [5, 5.41) is 10.8. The van der Waals surface area contributed by atoms with Crippen molar-refractivity contribution in [3.63, 3.8) is 0 Å². The molecule has 0 saturated carbocycles. The Kier molecular flexibility index (Phi) is 8.72. The number of amides is 1. The van der Waals surface area contributed by atoms with Gasteiger partial charge in [0.2, 0.25) is 5.91 Å². The summed E-state index contributed by atoms with van der Waals surface area (Å²) in [6.07, 6.45) is 4.35. The number of benzene rings is 3. The number of carbonyl (C=O) groups is 1. The Morgan fingerprint density at radius 1 is 0.978 bits per heavy atom. The lowest BCUT2D eigenvalue weighted by molar-refractivity contribution is -0.116. The molecule has 3 aliphatic rings. The molecule has 4 aromatic rings. The van der Waals surface area contributed by atoms with Gasteiger partial charge >= 0.3 is 7.12 Å². The van der Waals surface area contributed by atoms with Gasteiger partial charge in [0.25, 0.3) is 0 Å². The van der Waals surface area contributed by atoms with E-state index in [-0.39, 0.29) is 30.3 Å². The Morgan fingerprint density at radius 3 is 2.40 bits per heavy atom. The third kappa shape index (κ3) is 6.78. The molecule has 2 N–H and O–H groups in total. The van der Waals surface area contributed by atoms with E-state index >= 15 is 0 Å². The zero-order valence-electron chi connectivity index (χ0n) is 26.7. The first-order chi connectivity index (χ1) is 21.6. The van der Waals surface area contributed by atoms with Crippen LogP contribution in [0.25, 0.3) is 11.1 Å². The molecule has 0 aliphatic carbocycles. The number of aromatic nitrogens is 2. The first kappa shape index (κ1) is 30.9. The van der Waals surface area contributed by atoms with Crippen LogP contribution in [0.5, 0.6) is 5.75 Å². The smallest absolute Gasteiger partial charge is 0.497 e. The first-order valence-electron chi connectivity index (χ1n) is 15.6. The second kappa shape index (κ2) is 12.7. The molecule has 7 rings (SSSR count). The molecule has 3 aromatic carbocycles. The van der Waals surface area contributed by atoms with Gasteiger partial charge < -0.3 is 29.6 Å². The van der Waals surface area contributed by atoms with E-state index in [0.717, 1.165) is 59.9 Å². The number of fused-ring (bicyclic) bond motifs is 3. The Labute approximate surface area is 266 Å². The number of rotatable bonds is 5. The van der Waals surface area contributed by atoms with Crippen LogP contribution in [0.2, 0.25) is 0 Å². The van der Waals surface area contributed by atoms with Crippen molar-refractivity contribution in [1.29, 1.82) is 0 Å². The van der Waals surface area contributed by atoms with E-state index < -0.39 is 0 Å². The zero-order chi connectivity index (χ0) is 31.6. The average Bonchev–Trinajstić information content (AvgIpc) is 3.54. The summed E-state index contributed by atoms with van der Waals surface area (Å²) >= 11 is 0. The molecule has 10 heteroatoms. The minimum absolute atomic E-state index is 0.0876. The quantitative estimate of drug-likeness (QED) is 0.318. The van der Waals surface area contributed by atoms with Crippen molar-refractivity contribution in [3.8, 4) is 16.9 Å². The van der Waals surface area contributed by atoms with Crippen molar-refractivity contribution in [2.45, 2.75) is 57.9 Å². The summed E-state index contributed by atoms with van der Waals surface area (Å²) in [7, 11) is 1.32. The normalized spacial score (nSPS) is 19.8. The maximum Gasteiger partial charge on any atom is 0.498 e. The SMILES string of the molecule is CC1(C)OB(c2cnn(Cc3ccccc3)c2)OC1(C)C.COc1ccc(-c2ccc3c(c2)N2CCNCC2CC(=O)N3)cc1. The predicted molar refractivity (Wildman–Crippen MR) is 179 cm³/mol. The molecular formula is C35H42BN5O4. The molecule has 234 valence electrons. The van der Waals surface area contributed by atoms with Crippen LogP contribution in [0.1, 0.15) is 39.7 Å². The summed E-state index contributed by atoms with van der Waals surface area (Å²) in [6, 6.07) is 24.8. The van der Waals surface area contributed by atoms with Gasteiger partial charge in [0, 0.05) is 43.9 Å². The maximum absolute atomic E-state index is 12.1. The highest BCUT2D eigenvalue weighted by Crippen LogP contribution is 2.37. The highest BCUT2D eigenvalue weighted by Gasteiger charge is 2.52. The van der Waals surface area contributed by atoms with Crippen molar-refractivity contribution in [2.75, 3.05) is 37.0 Å². The van der Waals surface area contributed by atoms with Gasteiger partial charge in [-0.05, 0) is 68.7 Å². The third-order valence-corrected chi connectivity index (χ3v) is 9.14. The molecule has 45 heavy (non-hydrogen) atoms.